The molecule has 0 spiro atoms. The zero-order valence-electron chi connectivity index (χ0n) is 10.5. The number of rotatable bonds is 6. The molecule has 8 nitrogen and oxygen atoms in total. The third kappa shape index (κ3) is 3.64. The molecule has 1 amide bonds. The lowest BCUT2D eigenvalue weighted by atomic mass is 10.1. The van der Waals surface area contributed by atoms with E-state index in [2.05, 4.69) is 10.1 Å². The van der Waals surface area contributed by atoms with Gasteiger partial charge in [-0.25, -0.2) is 9.18 Å². The Kier molecular flexibility index (Phi) is 4.95. The van der Waals surface area contributed by atoms with Crippen molar-refractivity contribution in [3.8, 4) is 0 Å². The van der Waals surface area contributed by atoms with Crippen LogP contribution < -0.4 is 11.1 Å². The molecule has 0 aromatic heterocycles. The quantitative estimate of drug-likeness (QED) is 0.452. The molecule has 0 unspecified atom stereocenters. The smallest absolute Gasteiger partial charge is 0.340 e. The second-order valence-electron chi connectivity index (χ2n) is 3.74. The Morgan fingerprint density at radius 1 is 1.50 bits per heavy atom. The van der Waals surface area contributed by atoms with E-state index in [1.165, 1.54) is 0 Å². The first-order valence-corrected chi connectivity index (χ1v) is 5.45. The summed E-state index contributed by atoms with van der Waals surface area (Å²) in [5.74, 6) is -2.63. The van der Waals surface area contributed by atoms with Crippen molar-refractivity contribution in [1.29, 1.82) is 0 Å². The molecule has 0 saturated heterocycles. The molecule has 0 aliphatic heterocycles. The highest BCUT2D eigenvalue weighted by atomic mass is 19.1. The number of benzene rings is 1. The van der Waals surface area contributed by atoms with Gasteiger partial charge in [-0.15, -0.1) is 0 Å². The van der Waals surface area contributed by atoms with Gasteiger partial charge in [-0.2, -0.15) is 0 Å². The molecule has 0 bridgehead atoms. The Labute approximate surface area is 112 Å². The second kappa shape index (κ2) is 6.45. The third-order valence-corrected chi connectivity index (χ3v) is 2.37. The van der Waals surface area contributed by atoms with Crippen molar-refractivity contribution >= 4 is 23.3 Å². The Balaban J connectivity index is 3.13. The molecule has 0 aliphatic rings. The zero-order valence-corrected chi connectivity index (χ0v) is 10.5. The van der Waals surface area contributed by atoms with Crippen molar-refractivity contribution in [2.45, 2.75) is 6.42 Å². The first-order valence-electron chi connectivity index (χ1n) is 5.45. The van der Waals surface area contributed by atoms with E-state index < -0.39 is 33.9 Å². The number of halogens is 1. The molecule has 1 aromatic rings. The summed E-state index contributed by atoms with van der Waals surface area (Å²) in [6.07, 6.45) is -0.0674. The number of anilines is 1. The number of methoxy groups -OCH3 is 1. The van der Waals surface area contributed by atoms with Crippen LogP contribution in [0.1, 0.15) is 16.8 Å². The Bertz CT molecular complexity index is 561. The molecule has 1 aromatic carbocycles. The van der Waals surface area contributed by atoms with Gasteiger partial charge in [-0.3, -0.25) is 14.9 Å². The summed E-state index contributed by atoms with van der Waals surface area (Å²) in [7, 11) is 1.06. The normalized spacial score (nSPS) is 9.90. The van der Waals surface area contributed by atoms with E-state index in [-0.39, 0.29) is 18.7 Å². The number of nitrogens with zero attached hydrogens (tertiary/aromatic N) is 1. The van der Waals surface area contributed by atoms with E-state index in [4.69, 9.17) is 5.73 Å². The van der Waals surface area contributed by atoms with E-state index in [9.17, 15) is 24.1 Å². The maximum absolute atomic E-state index is 13.6. The van der Waals surface area contributed by atoms with Gasteiger partial charge in [0, 0.05) is 13.0 Å². The van der Waals surface area contributed by atoms with Gasteiger partial charge in [0.1, 0.15) is 11.5 Å². The summed E-state index contributed by atoms with van der Waals surface area (Å²) in [5.41, 5.74) is 3.83. The standard InChI is InChI=1S/C11H12FN3O5/c1-20-11(17)6-4-8(14-3-2-10(13)16)9(15(18)19)5-7(6)12/h4-5,14H,2-3H2,1H3,(H2,13,16). The second-order valence-corrected chi connectivity index (χ2v) is 3.74. The topological polar surface area (TPSA) is 125 Å². The minimum Gasteiger partial charge on any atom is -0.465 e. The Morgan fingerprint density at radius 3 is 2.65 bits per heavy atom. The van der Waals surface area contributed by atoms with E-state index in [1.54, 1.807) is 0 Å². The number of carbonyl (C=O) groups excluding carboxylic acids is 2. The highest BCUT2D eigenvalue weighted by Gasteiger charge is 2.22. The zero-order chi connectivity index (χ0) is 15.3. The van der Waals surface area contributed by atoms with Gasteiger partial charge in [0.2, 0.25) is 5.91 Å². The summed E-state index contributed by atoms with van der Waals surface area (Å²) >= 11 is 0. The molecular weight excluding hydrogens is 273 g/mol. The van der Waals surface area contributed by atoms with Crippen LogP contribution in [0.25, 0.3) is 0 Å². The molecule has 0 heterocycles. The van der Waals surface area contributed by atoms with Gasteiger partial charge in [0.25, 0.3) is 5.69 Å². The van der Waals surface area contributed by atoms with Crippen molar-refractivity contribution in [3.63, 3.8) is 0 Å². The van der Waals surface area contributed by atoms with Crippen LogP contribution in [-0.4, -0.2) is 30.5 Å². The third-order valence-electron chi connectivity index (χ3n) is 2.37. The molecular formula is C11H12FN3O5. The van der Waals surface area contributed by atoms with Gasteiger partial charge in [0.15, 0.2) is 0 Å². The van der Waals surface area contributed by atoms with Crippen LogP contribution in [0.4, 0.5) is 15.8 Å². The van der Waals surface area contributed by atoms with Crippen molar-refractivity contribution in [1.82, 2.24) is 0 Å². The lowest BCUT2D eigenvalue weighted by Gasteiger charge is -2.08. The van der Waals surface area contributed by atoms with Gasteiger partial charge in [-0.1, -0.05) is 0 Å². The summed E-state index contributed by atoms with van der Waals surface area (Å²) in [4.78, 5) is 31.9. The maximum Gasteiger partial charge on any atom is 0.340 e. The number of ether oxygens (including phenoxy) is 1. The highest BCUT2D eigenvalue weighted by Crippen LogP contribution is 2.28. The van der Waals surface area contributed by atoms with Gasteiger partial charge in [-0.05, 0) is 6.07 Å². The molecule has 20 heavy (non-hydrogen) atoms. The van der Waals surface area contributed by atoms with Crippen molar-refractivity contribution in [3.05, 3.63) is 33.6 Å². The number of nitrogens with one attached hydrogen (secondary N) is 1. The maximum atomic E-state index is 13.6. The molecule has 0 saturated carbocycles. The fourth-order valence-corrected chi connectivity index (χ4v) is 1.44. The SMILES string of the molecule is COC(=O)c1cc(NCCC(N)=O)c([N+](=O)[O-])cc1F. The number of hydrogen-bond acceptors (Lipinski definition) is 6. The Hall–Kier alpha value is -2.71. The van der Waals surface area contributed by atoms with Crippen molar-refractivity contribution < 1.29 is 23.6 Å². The molecule has 3 N–H and O–H groups in total. The average molecular weight is 285 g/mol. The van der Waals surface area contributed by atoms with Crippen molar-refractivity contribution in [2.24, 2.45) is 5.73 Å². The Morgan fingerprint density at radius 2 is 2.15 bits per heavy atom. The highest BCUT2D eigenvalue weighted by molar-refractivity contribution is 5.92. The minimum absolute atomic E-state index is 0.0163. The summed E-state index contributed by atoms with van der Waals surface area (Å²) in [6, 6.07) is 1.57. The predicted octanol–water partition coefficient (Wildman–Crippen LogP) is 0.808. The number of amides is 1. The first kappa shape index (κ1) is 15.3. The van der Waals surface area contributed by atoms with E-state index in [0.717, 1.165) is 13.2 Å². The van der Waals surface area contributed by atoms with Gasteiger partial charge in [0.05, 0.1) is 23.7 Å². The molecule has 9 heteroatoms. The summed E-state index contributed by atoms with van der Waals surface area (Å²) in [6.45, 7) is 0.0163. The lowest BCUT2D eigenvalue weighted by Crippen LogP contribution is -2.16. The summed E-state index contributed by atoms with van der Waals surface area (Å²) in [5, 5.41) is 13.4. The van der Waals surface area contributed by atoms with E-state index in [0.29, 0.717) is 6.07 Å². The van der Waals surface area contributed by atoms with Crippen LogP contribution in [-0.2, 0) is 9.53 Å². The van der Waals surface area contributed by atoms with Crippen molar-refractivity contribution in [2.75, 3.05) is 19.0 Å². The molecule has 0 radical (unpaired) electrons. The van der Waals surface area contributed by atoms with Crippen LogP contribution in [0.3, 0.4) is 0 Å². The molecule has 108 valence electrons. The van der Waals surface area contributed by atoms with Crippen LogP contribution in [0, 0.1) is 15.9 Å². The number of hydrogen-bond donors (Lipinski definition) is 2. The van der Waals surface area contributed by atoms with Crippen LogP contribution in [0.15, 0.2) is 12.1 Å². The minimum atomic E-state index is -1.07. The number of esters is 1. The number of nitrogens with two attached hydrogens (primary N) is 1. The number of carbonyl (C=O) groups is 2. The van der Waals surface area contributed by atoms with Crippen LogP contribution in [0.5, 0.6) is 0 Å². The largest absolute Gasteiger partial charge is 0.465 e. The fourth-order valence-electron chi connectivity index (χ4n) is 1.44. The van der Waals surface area contributed by atoms with E-state index >= 15 is 0 Å². The van der Waals surface area contributed by atoms with Crippen LogP contribution in [0.2, 0.25) is 0 Å². The first-order chi connectivity index (χ1) is 9.36. The fraction of sp³-hybridized carbons (Fsp3) is 0.273. The molecule has 0 fully saturated rings. The monoisotopic (exact) mass is 285 g/mol. The molecule has 0 aliphatic carbocycles. The molecule has 0 atom stereocenters. The average Bonchev–Trinajstić information content (AvgIpc) is 2.38. The van der Waals surface area contributed by atoms with E-state index in [1.807, 2.05) is 0 Å². The van der Waals surface area contributed by atoms with Gasteiger partial charge < -0.3 is 15.8 Å². The lowest BCUT2D eigenvalue weighted by molar-refractivity contribution is -0.384. The number of nitro benzene ring substituents is 1. The van der Waals surface area contributed by atoms with Crippen LogP contribution >= 0.6 is 0 Å². The molecule has 1 rings (SSSR count). The van der Waals surface area contributed by atoms with Gasteiger partial charge >= 0.3 is 5.97 Å². The summed E-state index contributed by atoms with van der Waals surface area (Å²) < 4.78 is 17.9. The predicted molar refractivity (Wildman–Crippen MR) is 66.7 cm³/mol. The number of nitro groups is 1. The number of primary amides is 1.